The smallest absolute Gasteiger partial charge is 0.315 e. The number of nitrogens with one attached hydrogen (secondary N) is 3. The van der Waals surface area contributed by atoms with Gasteiger partial charge in [-0.15, -0.1) is 0 Å². The molecule has 3 atom stereocenters. The van der Waals surface area contributed by atoms with Crippen LogP contribution in [-0.2, 0) is 4.79 Å². The Bertz CT molecular complexity index is 685. The molecule has 6 heteroatoms. The molecule has 0 spiro atoms. The van der Waals surface area contributed by atoms with Crippen molar-refractivity contribution in [1.29, 1.82) is 0 Å². The highest BCUT2D eigenvalue weighted by molar-refractivity contribution is 5.90. The lowest BCUT2D eigenvalue weighted by molar-refractivity contribution is -0.117. The van der Waals surface area contributed by atoms with Crippen LogP contribution in [0.3, 0.4) is 0 Å². The Hall–Kier alpha value is -2.37. The second kappa shape index (κ2) is 10.2. The number of aromatic nitrogens is 1. The molecule has 0 bridgehead atoms. The minimum atomic E-state index is -0.125. The van der Waals surface area contributed by atoms with E-state index < -0.39 is 0 Å². The van der Waals surface area contributed by atoms with Gasteiger partial charge in [0.25, 0.3) is 0 Å². The van der Waals surface area contributed by atoms with E-state index in [1.54, 1.807) is 12.3 Å². The lowest BCUT2D eigenvalue weighted by Crippen LogP contribution is -2.43. The van der Waals surface area contributed by atoms with Crippen molar-refractivity contribution in [2.75, 3.05) is 11.9 Å². The van der Waals surface area contributed by atoms with Crippen molar-refractivity contribution in [2.45, 2.75) is 53.5 Å². The van der Waals surface area contributed by atoms with Crippen LogP contribution in [0.25, 0.3) is 0 Å². The van der Waals surface area contributed by atoms with E-state index in [1.165, 1.54) is 5.57 Å². The molecule has 2 rings (SSSR count). The Morgan fingerprint density at radius 3 is 2.57 bits per heavy atom. The third-order valence-corrected chi connectivity index (χ3v) is 5.37. The maximum Gasteiger partial charge on any atom is 0.315 e. The Balaban J connectivity index is 1.98. The molecule has 1 aliphatic rings. The fourth-order valence-corrected chi connectivity index (χ4v) is 3.89. The number of nitrogens with zero attached hydrogens (tertiary/aromatic N) is 1. The van der Waals surface area contributed by atoms with E-state index in [2.05, 4.69) is 47.8 Å². The number of carbonyl (C=O) groups excluding carboxylic acids is 2. The first-order valence-corrected chi connectivity index (χ1v) is 10.2. The molecule has 3 amide bonds. The molecule has 0 saturated heterocycles. The molecule has 1 aromatic heterocycles. The molecule has 28 heavy (non-hydrogen) atoms. The van der Waals surface area contributed by atoms with E-state index in [0.29, 0.717) is 30.6 Å². The van der Waals surface area contributed by atoms with E-state index in [-0.39, 0.29) is 29.8 Å². The monoisotopic (exact) mass is 386 g/mol. The number of rotatable bonds is 7. The van der Waals surface area contributed by atoms with Gasteiger partial charge in [-0.2, -0.15) is 0 Å². The summed E-state index contributed by atoms with van der Waals surface area (Å²) in [7, 11) is 0. The van der Waals surface area contributed by atoms with Crippen LogP contribution in [0, 0.1) is 23.7 Å². The molecule has 1 heterocycles. The number of urea groups is 1. The van der Waals surface area contributed by atoms with Gasteiger partial charge in [0.1, 0.15) is 5.82 Å². The number of amides is 3. The summed E-state index contributed by atoms with van der Waals surface area (Å²) in [4.78, 5) is 28.5. The van der Waals surface area contributed by atoms with Crippen LogP contribution in [0.15, 0.2) is 36.0 Å². The summed E-state index contributed by atoms with van der Waals surface area (Å²) in [5.74, 6) is 1.99. The highest BCUT2D eigenvalue weighted by Crippen LogP contribution is 2.38. The largest absolute Gasteiger partial charge is 0.338 e. The first-order valence-electron chi connectivity index (χ1n) is 10.2. The maximum atomic E-state index is 12.5. The van der Waals surface area contributed by atoms with E-state index in [1.807, 2.05) is 26.0 Å². The molecular formula is C22H34N4O2. The second-order valence-corrected chi connectivity index (χ2v) is 8.39. The van der Waals surface area contributed by atoms with Crippen LogP contribution in [0.2, 0.25) is 0 Å². The summed E-state index contributed by atoms with van der Waals surface area (Å²) < 4.78 is 0. The Labute approximate surface area is 168 Å². The van der Waals surface area contributed by atoms with Gasteiger partial charge in [-0.3, -0.25) is 4.79 Å². The van der Waals surface area contributed by atoms with E-state index in [4.69, 9.17) is 0 Å². The van der Waals surface area contributed by atoms with Crippen molar-refractivity contribution < 1.29 is 9.59 Å². The molecule has 0 saturated carbocycles. The molecule has 0 radical (unpaired) electrons. The maximum absolute atomic E-state index is 12.5. The average Bonchev–Trinajstić information content (AvgIpc) is 2.61. The molecule has 3 unspecified atom stereocenters. The molecule has 6 nitrogen and oxygen atoms in total. The molecule has 1 aromatic rings. The molecule has 1 aliphatic carbocycles. The minimum absolute atomic E-state index is 0.00755. The fraction of sp³-hybridized carbons (Fsp3) is 0.591. The van der Waals surface area contributed by atoms with Crippen LogP contribution in [0.1, 0.15) is 47.5 Å². The summed E-state index contributed by atoms with van der Waals surface area (Å²) in [6.45, 7) is 11.0. The Morgan fingerprint density at radius 2 is 1.96 bits per heavy atom. The molecule has 0 aromatic carbocycles. The van der Waals surface area contributed by atoms with Gasteiger partial charge in [0, 0.05) is 25.2 Å². The zero-order valence-electron chi connectivity index (χ0n) is 17.7. The lowest BCUT2D eigenvalue weighted by atomic mass is 9.70. The molecular weight excluding hydrogens is 352 g/mol. The highest BCUT2D eigenvalue weighted by Gasteiger charge is 2.32. The quantitative estimate of drug-likeness (QED) is 0.620. The van der Waals surface area contributed by atoms with E-state index in [0.717, 1.165) is 6.42 Å². The lowest BCUT2D eigenvalue weighted by Gasteiger charge is -2.37. The normalized spacial score (nSPS) is 22.0. The van der Waals surface area contributed by atoms with Gasteiger partial charge in [0.15, 0.2) is 0 Å². The topological polar surface area (TPSA) is 83.1 Å². The van der Waals surface area contributed by atoms with Gasteiger partial charge in [0.05, 0.1) is 0 Å². The van der Waals surface area contributed by atoms with Crippen molar-refractivity contribution in [1.82, 2.24) is 15.6 Å². The minimum Gasteiger partial charge on any atom is -0.338 e. The summed E-state index contributed by atoms with van der Waals surface area (Å²) in [5, 5.41) is 8.74. The SMILES string of the molecule is CC1=CC(CNC(=O)NC(C)C)C(C(C)C)CC1CC(=O)Nc1ccccn1. The van der Waals surface area contributed by atoms with Crippen LogP contribution < -0.4 is 16.0 Å². The van der Waals surface area contributed by atoms with Gasteiger partial charge in [-0.25, -0.2) is 9.78 Å². The van der Waals surface area contributed by atoms with Gasteiger partial charge in [0.2, 0.25) is 5.91 Å². The number of allylic oxidation sites excluding steroid dienone is 1. The van der Waals surface area contributed by atoms with Gasteiger partial charge >= 0.3 is 6.03 Å². The molecule has 0 fully saturated rings. The predicted octanol–water partition coefficient (Wildman–Crippen LogP) is 3.97. The first-order chi connectivity index (χ1) is 13.3. The molecule has 154 valence electrons. The molecule has 0 aliphatic heterocycles. The number of hydrogen-bond donors (Lipinski definition) is 3. The van der Waals surface area contributed by atoms with Crippen molar-refractivity contribution in [3.05, 3.63) is 36.0 Å². The van der Waals surface area contributed by atoms with Crippen molar-refractivity contribution in [3.8, 4) is 0 Å². The zero-order chi connectivity index (χ0) is 20.7. The summed E-state index contributed by atoms with van der Waals surface area (Å²) >= 11 is 0. The first kappa shape index (κ1) is 21.9. The highest BCUT2D eigenvalue weighted by atomic mass is 16.2. The second-order valence-electron chi connectivity index (χ2n) is 8.39. The van der Waals surface area contributed by atoms with Crippen LogP contribution >= 0.6 is 0 Å². The average molecular weight is 387 g/mol. The number of pyridine rings is 1. The predicted molar refractivity (Wildman–Crippen MR) is 113 cm³/mol. The summed E-state index contributed by atoms with van der Waals surface area (Å²) in [5.41, 5.74) is 1.23. The van der Waals surface area contributed by atoms with Crippen molar-refractivity contribution >= 4 is 17.8 Å². The standard InChI is InChI=1S/C22H34N4O2/c1-14(2)19-11-17(12-21(27)26-20-8-6-7-9-23-20)16(5)10-18(19)13-24-22(28)25-15(3)4/h6-10,14-15,17-19H,11-13H2,1-5H3,(H,23,26,27)(H2,24,25,28). The van der Waals surface area contributed by atoms with Gasteiger partial charge in [-0.1, -0.05) is 31.6 Å². The van der Waals surface area contributed by atoms with Crippen molar-refractivity contribution in [2.24, 2.45) is 23.7 Å². The Morgan fingerprint density at radius 1 is 1.21 bits per heavy atom. The summed E-state index contributed by atoms with van der Waals surface area (Å²) in [6.07, 6.45) is 5.33. The third-order valence-electron chi connectivity index (χ3n) is 5.37. The van der Waals surface area contributed by atoms with Gasteiger partial charge in [-0.05, 0) is 63.0 Å². The van der Waals surface area contributed by atoms with E-state index in [9.17, 15) is 9.59 Å². The zero-order valence-corrected chi connectivity index (χ0v) is 17.7. The number of hydrogen-bond acceptors (Lipinski definition) is 3. The Kier molecular flexibility index (Phi) is 8.03. The fourth-order valence-electron chi connectivity index (χ4n) is 3.89. The molecule has 3 N–H and O–H groups in total. The van der Waals surface area contributed by atoms with Crippen LogP contribution in [0.5, 0.6) is 0 Å². The summed E-state index contributed by atoms with van der Waals surface area (Å²) in [6, 6.07) is 5.47. The van der Waals surface area contributed by atoms with Gasteiger partial charge < -0.3 is 16.0 Å². The van der Waals surface area contributed by atoms with E-state index >= 15 is 0 Å². The van der Waals surface area contributed by atoms with Crippen LogP contribution in [0.4, 0.5) is 10.6 Å². The number of carbonyl (C=O) groups is 2. The van der Waals surface area contributed by atoms with Crippen LogP contribution in [-0.4, -0.2) is 29.5 Å². The number of anilines is 1. The van der Waals surface area contributed by atoms with Crippen molar-refractivity contribution in [3.63, 3.8) is 0 Å². The third kappa shape index (κ3) is 6.66.